The van der Waals surface area contributed by atoms with Gasteiger partial charge in [0.25, 0.3) is 11.8 Å². The molecule has 28 heavy (non-hydrogen) atoms. The number of nitrogens with one attached hydrogen (secondary N) is 2. The van der Waals surface area contributed by atoms with Gasteiger partial charge in [-0.15, -0.1) is 0 Å². The van der Waals surface area contributed by atoms with E-state index >= 15 is 0 Å². The molecule has 0 spiro atoms. The number of aryl methyl sites for hydroxylation is 2. The van der Waals surface area contributed by atoms with Gasteiger partial charge in [0.05, 0.1) is 0 Å². The number of rotatable bonds is 4. The number of hydrogen-bond donors (Lipinski definition) is 4. The highest BCUT2D eigenvalue weighted by molar-refractivity contribution is 6.06. The van der Waals surface area contributed by atoms with Crippen LogP contribution in [0.15, 0.2) is 60.7 Å². The van der Waals surface area contributed by atoms with Gasteiger partial charge in [-0.25, -0.2) is 0 Å². The van der Waals surface area contributed by atoms with Crippen molar-refractivity contribution in [3.8, 4) is 0 Å². The summed E-state index contributed by atoms with van der Waals surface area (Å²) in [5.74, 6) is -0.450. The molecule has 0 aliphatic rings. The van der Waals surface area contributed by atoms with Gasteiger partial charge < -0.3 is 22.1 Å². The van der Waals surface area contributed by atoms with Crippen LogP contribution in [-0.4, -0.2) is 11.8 Å². The molecular formula is C22H22N4O2. The molecule has 0 heterocycles. The van der Waals surface area contributed by atoms with E-state index < -0.39 is 0 Å². The van der Waals surface area contributed by atoms with E-state index in [0.29, 0.717) is 33.9 Å². The van der Waals surface area contributed by atoms with E-state index in [1.54, 1.807) is 60.7 Å². The van der Waals surface area contributed by atoms with Gasteiger partial charge >= 0.3 is 0 Å². The number of nitrogen functional groups attached to an aromatic ring is 2. The third kappa shape index (κ3) is 4.29. The molecule has 0 aliphatic heterocycles. The molecule has 3 aromatic carbocycles. The molecule has 0 aliphatic carbocycles. The minimum absolute atomic E-state index is 0.225. The SMILES string of the molecule is Cc1cc(C(=O)Nc2ccc(NC(=O)c3ccc(N)c(C)c3)cc2)ccc1N. The van der Waals surface area contributed by atoms with E-state index in [1.807, 2.05) is 13.8 Å². The van der Waals surface area contributed by atoms with Crippen molar-refractivity contribution in [2.75, 3.05) is 22.1 Å². The van der Waals surface area contributed by atoms with Crippen molar-refractivity contribution in [1.29, 1.82) is 0 Å². The number of carbonyl (C=O) groups excluding carboxylic acids is 2. The van der Waals surface area contributed by atoms with Crippen LogP contribution in [-0.2, 0) is 0 Å². The van der Waals surface area contributed by atoms with Gasteiger partial charge in [0.1, 0.15) is 0 Å². The first-order valence-corrected chi connectivity index (χ1v) is 8.78. The van der Waals surface area contributed by atoms with E-state index in [2.05, 4.69) is 10.6 Å². The fraction of sp³-hybridized carbons (Fsp3) is 0.0909. The maximum atomic E-state index is 12.4. The van der Waals surface area contributed by atoms with Gasteiger partial charge in [0, 0.05) is 33.9 Å². The molecule has 3 aromatic rings. The van der Waals surface area contributed by atoms with Crippen LogP contribution in [0.3, 0.4) is 0 Å². The Bertz CT molecular complexity index is 958. The normalized spacial score (nSPS) is 10.4. The zero-order valence-electron chi connectivity index (χ0n) is 15.7. The molecule has 0 saturated carbocycles. The number of carbonyl (C=O) groups is 2. The lowest BCUT2D eigenvalue weighted by Crippen LogP contribution is -2.13. The summed E-state index contributed by atoms with van der Waals surface area (Å²) in [6.45, 7) is 3.71. The number of anilines is 4. The molecule has 142 valence electrons. The Hall–Kier alpha value is -3.80. The molecule has 3 rings (SSSR count). The molecular weight excluding hydrogens is 352 g/mol. The zero-order valence-corrected chi connectivity index (χ0v) is 15.7. The standard InChI is InChI=1S/C22H22N4O2/c1-13-11-15(3-9-19(13)23)21(27)25-17-5-7-18(8-6-17)26-22(28)16-4-10-20(24)14(2)12-16/h3-12H,23-24H2,1-2H3,(H,25,27)(H,26,28). The Morgan fingerprint density at radius 1 is 0.643 bits per heavy atom. The van der Waals surface area contributed by atoms with Gasteiger partial charge in [-0.3, -0.25) is 9.59 Å². The Kier molecular flexibility index (Phi) is 5.31. The van der Waals surface area contributed by atoms with Crippen molar-refractivity contribution in [3.63, 3.8) is 0 Å². The topological polar surface area (TPSA) is 110 Å². The predicted molar refractivity (Wildman–Crippen MR) is 114 cm³/mol. The van der Waals surface area contributed by atoms with Crippen molar-refractivity contribution < 1.29 is 9.59 Å². The molecule has 0 aromatic heterocycles. The lowest BCUT2D eigenvalue weighted by atomic mass is 10.1. The highest BCUT2D eigenvalue weighted by Gasteiger charge is 2.09. The first-order chi connectivity index (χ1) is 13.3. The Morgan fingerprint density at radius 2 is 1.00 bits per heavy atom. The first-order valence-electron chi connectivity index (χ1n) is 8.78. The largest absolute Gasteiger partial charge is 0.399 e. The predicted octanol–water partition coefficient (Wildman–Crippen LogP) is 3.97. The molecule has 6 nitrogen and oxygen atoms in total. The summed E-state index contributed by atoms with van der Waals surface area (Å²) in [7, 11) is 0. The molecule has 0 atom stereocenters. The molecule has 6 heteroatoms. The summed E-state index contributed by atoms with van der Waals surface area (Å²) in [6, 6.07) is 17.2. The number of benzene rings is 3. The average molecular weight is 374 g/mol. The van der Waals surface area contributed by atoms with Gasteiger partial charge in [0.2, 0.25) is 0 Å². The lowest BCUT2D eigenvalue weighted by molar-refractivity contribution is 0.101. The van der Waals surface area contributed by atoms with Crippen LogP contribution >= 0.6 is 0 Å². The maximum Gasteiger partial charge on any atom is 0.255 e. The zero-order chi connectivity index (χ0) is 20.3. The van der Waals surface area contributed by atoms with E-state index in [0.717, 1.165) is 11.1 Å². The molecule has 0 fully saturated rings. The number of hydrogen-bond acceptors (Lipinski definition) is 4. The summed E-state index contributed by atoms with van der Waals surface area (Å²) in [5, 5.41) is 5.65. The number of amides is 2. The van der Waals surface area contributed by atoms with Crippen molar-refractivity contribution in [2.45, 2.75) is 13.8 Å². The number of nitrogens with two attached hydrogens (primary N) is 2. The minimum atomic E-state index is -0.225. The second-order valence-corrected chi connectivity index (χ2v) is 6.63. The molecule has 6 N–H and O–H groups in total. The third-order valence-electron chi connectivity index (χ3n) is 4.46. The van der Waals surface area contributed by atoms with Crippen molar-refractivity contribution in [1.82, 2.24) is 0 Å². The minimum Gasteiger partial charge on any atom is -0.399 e. The van der Waals surface area contributed by atoms with Crippen molar-refractivity contribution >= 4 is 34.6 Å². The summed E-state index contributed by atoms with van der Waals surface area (Å²) < 4.78 is 0. The summed E-state index contributed by atoms with van der Waals surface area (Å²) in [5.41, 5.74) is 16.9. The van der Waals surface area contributed by atoms with Crippen LogP contribution in [0.5, 0.6) is 0 Å². The Morgan fingerprint density at radius 3 is 1.32 bits per heavy atom. The smallest absolute Gasteiger partial charge is 0.255 e. The van der Waals surface area contributed by atoms with Crippen LogP contribution in [0.2, 0.25) is 0 Å². The third-order valence-corrected chi connectivity index (χ3v) is 4.46. The van der Waals surface area contributed by atoms with Crippen LogP contribution in [0.4, 0.5) is 22.7 Å². The van der Waals surface area contributed by atoms with Gasteiger partial charge in [-0.1, -0.05) is 0 Å². The fourth-order valence-corrected chi connectivity index (χ4v) is 2.68. The van der Waals surface area contributed by atoms with E-state index in [9.17, 15) is 9.59 Å². The maximum absolute atomic E-state index is 12.4. The molecule has 0 bridgehead atoms. The van der Waals surface area contributed by atoms with Crippen LogP contribution in [0, 0.1) is 13.8 Å². The van der Waals surface area contributed by atoms with E-state index in [-0.39, 0.29) is 11.8 Å². The second-order valence-electron chi connectivity index (χ2n) is 6.63. The highest BCUT2D eigenvalue weighted by Crippen LogP contribution is 2.18. The van der Waals surface area contributed by atoms with Crippen molar-refractivity contribution in [2.24, 2.45) is 0 Å². The highest BCUT2D eigenvalue weighted by atomic mass is 16.2. The average Bonchev–Trinajstić information content (AvgIpc) is 2.67. The van der Waals surface area contributed by atoms with Crippen LogP contribution in [0.25, 0.3) is 0 Å². The molecule has 0 unspecified atom stereocenters. The Labute approximate surface area is 163 Å². The van der Waals surface area contributed by atoms with E-state index in [4.69, 9.17) is 11.5 Å². The summed E-state index contributed by atoms with van der Waals surface area (Å²) >= 11 is 0. The van der Waals surface area contributed by atoms with Crippen LogP contribution < -0.4 is 22.1 Å². The van der Waals surface area contributed by atoms with Gasteiger partial charge in [0.15, 0.2) is 0 Å². The van der Waals surface area contributed by atoms with Crippen molar-refractivity contribution in [3.05, 3.63) is 82.9 Å². The lowest BCUT2D eigenvalue weighted by Gasteiger charge is -2.10. The first kappa shape index (κ1) is 19.0. The van der Waals surface area contributed by atoms with Gasteiger partial charge in [-0.05, 0) is 85.6 Å². The summed E-state index contributed by atoms with van der Waals surface area (Å²) in [4.78, 5) is 24.7. The quantitative estimate of drug-likeness (QED) is 0.518. The van der Waals surface area contributed by atoms with E-state index in [1.165, 1.54) is 0 Å². The molecule has 0 radical (unpaired) electrons. The molecule has 0 saturated heterocycles. The fourth-order valence-electron chi connectivity index (χ4n) is 2.68. The monoisotopic (exact) mass is 374 g/mol. The Balaban J connectivity index is 1.65. The summed E-state index contributed by atoms with van der Waals surface area (Å²) in [6.07, 6.45) is 0. The second kappa shape index (κ2) is 7.84. The molecule has 2 amide bonds. The van der Waals surface area contributed by atoms with Crippen LogP contribution in [0.1, 0.15) is 31.8 Å². The van der Waals surface area contributed by atoms with Gasteiger partial charge in [-0.2, -0.15) is 0 Å².